The summed E-state index contributed by atoms with van der Waals surface area (Å²) < 4.78 is 2.09. The van der Waals surface area contributed by atoms with E-state index in [9.17, 15) is 0 Å². The van der Waals surface area contributed by atoms with Crippen LogP contribution in [0.2, 0.25) is 0 Å². The van der Waals surface area contributed by atoms with E-state index in [0.717, 1.165) is 12.2 Å². The van der Waals surface area contributed by atoms with Crippen molar-refractivity contribution in [2.24, 2.45) is 0 Å². The number of benzene rings is 1. The molecule has 0 spiro atoms. The second-order valence-corrected chi connectivity index (χ2v) is 3.91. The highest BCUT2D eigenvalue weighted by Crippen LogP contribution is 2.22. The van der Waals surface area contributed by atoms with Gasteiger partial charge in [-0.05, 0) is 26.3 Å². The summed E-state index contributed by atoms with van der Waals surface area (Å²) in [4.78, 5) is 4.41. The molecule has 0 saturated carbocycles. The van der Waals surface area contributed by atoms with E-state index in [-0.39, 0.29) is 0 Å². The molecule has 1 aromatic heterocycles. The van der Waals surface area contributed by atoms with E-state index in [2.05, 4.69) is 54.7 Å². The van der Waals surface area contributed by atoms with Gasteiger partial charge in [-0.1, -0.05) is 23.8 Å². The lowest BCUT2D eigenvalue weighted by Crippen LogP contribution is -1.87. The Labute approximate surface area is 90.6 Å². The molecule has 0 unspecified atom stereocenters. The summed E-state index contributed by atoms with van der Waals surface area (Å²) in [5.41, 5.74) is 4.88. The molecule has 78 valence electrons. The van der Waals surface area contributed by atoms with Crippen LogP contribution in [0.15, 0.2) is 30.7 Å². The topological polar surface area (TPSA) is 17.8 Å². The van der Waals surface area contributed by atoms with Gasteiger partial charge >= 0.3 is 0 Å². The van der Waals surface area contributed by atoms with Crippen molar-refractivity contribution in [3.63, 3.8) is 0 Å². The van der Waals surface area contributed by atoms with Gasteiger partial charge in [-0.3, -0.25) is 0 Å². The monoisotopic (exact) mass is 200 g/mol. The highest BCUT2D eigenvalue weighted by Gasteiger charge is 2.04. The number of nitrogens with zero attached hydrogens (tertiary/aromatic N) is 2. The van der Waals surface area contributed by atoms with Crippen LogP contribution in [0.4, 0.5) is 0 Å². The SMILES string of the molecule is CCn1cnc(-c2ccc(C)cc2C)c1. The van der Waals surface area contributed by atoms with Gasteiger partial charge in [0.25, 0.3) is 0 Å². The van der Waals surface area contributed by atoms with Crippen molar-refractivity contribution in [2.45, 2.75) is 27.3 Å². The van der Waals surface area contributed by atoms with Crippen molar-refractivity contribution in [3.05, 3.63) is 41.9 Å². The van der Waals surface area contributed by atoms with Gasteiger partial charge in [0.1, 0.15) is 0 Å². The quantitative estimate of drug-likeness (QED) is 0.728. The number of hydrogen-bond donors (Lipinski definition) is 0. The average molecular weight is 200 g/mol. The second-order valence-electron chi connectivity index (χ2n) is 3.91. The Morgan fingerprint density at radius 2 is 2.07 bits per heavy atom. The minimum atomic E-state index is 0.970. The third-order valence-corrected chi connectivity index (χ3v) is 2.66. The molecule has 0 fully saturated rings. The molecule has 2 nitrogen and oxygen atoms in total. The summed E-state index contributed by atoms with van der Waals surface area (Å²) in [6, 6.07) is 6.47. The first-order valence-electron chi connectivity index (χ1n) is 5.30. The van der Waals surface area contributed by atoms with E-state index in [4.69, 9.17) is 0 Å². The predicted octanol–water partition coefficient (Wildman–Crippen LogP) is 3.19. The molecule has 0 N–H and O–H groups in total. The third kappa shape index (κ3) is 1.94. The highest BCUT2D eigenvalue weighted by molar-refractivity contribution is 5.63. The van der Waals surface area contributed by atoms with Crippen molar-refractivity contribution >= 4 is 0 Å². The van der Waals surface area contributed by atoms with Crippen LogP contribution in [-0.2, 0) is 6.54 Å². The largest absolute Gasteiger partial charge is 0.337 e. The van der Waals surface area contributed by atoms with Gasteiger partial charge < -0.3 is 4.57 Å². The predicted molar refractivity (Wildman–Crippen MR) is 62.8 cm³/mol. The first kappa shape index (κ1) is 9.97. The molecule has 0 aliphatic rings. The van der Waals surface area contributed by atoms with Crippen LogP contribution >= 0.6 is 0 Å². The van der Waals surface area contributed by atoms with Crippen molar-refractivity contribution < 1.29 is 0 Å². The molecule has 2 aromatic rings. The maximum atomic E-state index is 4.41. The lowest BCUT2D eigenvalue weighted by Gasteiger charge is -2.03. The van der Waals surface area contributed by atoms with Crippen LogP contribution < -0.4 is 0 Å². The van der Waals surface area contributed by atoms with Gasteiger partial charge in [0.2, 0.25) is 0 Å². The van der Waals surface area contributed by atoms with E-state index in [1.807, 2.05) is 6.33 Å². The van der Waals surface area contributed by atoms with Crippen LogP contribution in [0.5, 0.6) is 0 Å². The molecule has 0 aliphatic heterocycles. The summed E-state index contributed by atoms with van der Waals surface area (Å²) in [7, 11) is 0. The summed E-state index contributed by atoms with van der Waals surface area (Å²) in [5, 5.41) is 0. The van der Waals surface area contributed by atoms with Crippen LogP contribution in [-0.4, -0.2) is 9.55 Å². The molecule has 1 aromatic carbocycles. The molecule has 0 radical (unpaired) electrons. The number of rotatable bonds is 2. The smallest absolute Gasteiger partial charge is 0.0953 e. The number of imidazole rings is 1. The van der Waals surface area contributed by atoms with E-state index in [1.165, 1.54) is 16.7 Å². The maximum Gasteiger partial charge on any atom is 0.0953 e. The minimum Gasteiger partial charge on any atom is -0.337 e. The fourth-order valence-corrected chi connectivity index (χ4v) is 1.77. The summed E-state index contributed by atoms with van der Waals surface area (Å²) in [6.45, 7) is 7.33. The molecular weight excluding hydrogens is 184 g/mol. The van der Waals surface area contributed by atoms with Gasteiger partial charge in [0.05, 0.1) is 12.0 Å². The van der Waals surface area contributed by atoms with Crippen LogP contribution in [0.3, 0.4) is 0 Å². The third-order valence-electron chi connectivity index (χ3n) is 2.66. The first-order valence-corrected chi connectivity index (χ1v) is 5.30. The Balaban J connectivity index is 2.44. The van der Waals surface area contributed by atoms with E-state index in [0.29, 0.717) is 0 Å². The summed E-state index contributed by atoms with van der Waals surface area (Å²) >= 11 is 0. The van der Waals surface area contributed by atoms with Crippen LogP contribution in [0, 0.1) is 13.8 Å². The fraction of sp³-hybridized carbons (Fsp3) is 0.308. The van der Waals surface area contributed by atoms with Crippen molar-refractivity contribution in [1.29, 1.82) is 0 Å². The molecule has 0 amide bonds. The normalized spacial score (nSPS) is 10.6. The Hall–Kier alpha value is -1.57. The first-order chi connectivity index (χ1) is 7.20. The van der Waals surface area contributed by atoms with E-state index in [1.54, 1.807) is 0 Å². The minimum absolute atomic E-state index is 0.970. The second kappa shape index (κ2) is 3.89. The van der Waals surface area contributed by atoms with Gasteiger partial charge in [0.15, 0.2) is 0 Å². The molecule has 0 bridgehead atoms. The average Bonchev–Trinajstić information content (AvgIpc) is 2.66. The standard InChI is InChI=1S/C13H16N2/c1-4-15-8-13(14-9-15)12-6-5-10(2)7-11(12)3/h5-9H,4H2,1-3H3. The van der Waals surface area contributed by atoms with Gasteiger partial charge in [-0.15, -0.1) is 0 Å². The van der Waals surface area contributed by atoms with Crippen molar-refractivity contribution in [3.8, 4) is 11.3 Å². The van der Waals surface area contributed by atoms with Gasteiger partial charge in [0, 0.05) is 18.3 Å². The molecule has 15 heavy (non-hydrogen) atoms. The van der Waals surface area contributed by atoms with E-state index >= 15 is 0 Å². The molecule has 0 saturated heterocycles. The lowest BCUT2D eigenvalue weighted by atomic mass is 10.0. The zero-order valence-electron chi connectivity index (χ0n) is 9.49. The number of aromatic nitrogens is 2. The molecule has 0 aliphatic carbocycles. The highest BCUT2D eigenvalue weighted by atomic mass is 15.0. The number of aryl methyl sites for hydroxylation is 3. The zero-order chi connectivity index (χ0) is 10.8. The van der Waals surface area contributed by atoms with Crippen molar-refractivity contribution in [2.75, 3.05) is 0 Å². The van der Waals surface area contributed by atoms with Gasteiger partial charge in [-0.2, -0.15) is 0 Å². The van der Waals surface area contributed by atoms with Crippen LogP contribution in [0.25, 0.3) is 11.3 Å². The van der Waals surface area contributed by atoms with Crippen molar-refractivity contribution in [1.82, 2.24) is 9.55 Å². The Morgan fingerprint density at radius 3 is 2.67 bits per heavy atom. The fourth-order valence-electron chi connectivity index (χ4n) is 1.77. The van der Waals surface area contributed by atoms with Gasteiger partial charge in [-0.25, -0.2) is 4.98 Å². The Bertz CT molecular complexity index is 469. The Kier molecular flexibility index (Phi) is 2.58. The molecule has 2 rings (SSSR count). The van der Waals surface area contributed by atoms with E-state index < -0.39 is 0 Å². The van der Waals surface area contributed by atoms with Crippen LogP contribution in [0.1, 0.15) is 18.1 Å². The summed E-state index contributed by atoms with van der Waals surface area (Å²) in [5.74, 6) is 0. The molecular formula is C13H16N2. The molecule has 0 atom stereocenters. The summed E-state index contributed by atoms with van der Waals surface area (Å²) in [6.07, 6.45) is 3.98. The zero-order valence-corrected chi connectivity index (χ0v) is 9.49. The molecule has 2 heteroatoms. The maximum absolute atomic E-state index is 4.41. The molecule has 1 heterocycles. The lowest BCUT2D eigenvalue weighted by molar-refractivity contribution is 0.762. The Morgan fingerprint density at radius 1 is 1.27 bits per heavy atom. The number of hydrogen-bond acceptors (Lipinski definition) is 1.